The van der Waals surface area contributed by atoms with Crippen LogP contribution in [0.1, 0.15) is 17.2 Å². The van der Waals surface area contributed by atoms with Gasteiger partial charge in [-0.25, -0.2) is 0 Å². The predicted octanol–water partition coefficient (Wildman–Crippen LogP) is 3.90. The summed E-state index contributed by atoms with van der Waals surface area (Å²) in [5, 5.41) is 0. The third kappa shape index (κ3) is 3.57. The molecule has 2 rings (SSSR count). The van der Waals surface area contributed by atoms with E-state index in [1.807, 2.05) is 24.3 Å². The van der Waals surface area contributed by atoms with Crippen molar-refractivity contribution in [3.8, 4) is 5.75 Å². The SMILES string of the molecule is COc1ccc(N(C)C(CN)c2ccc(C)cc2Br)cc1. The number of benzene rings is 2. The van der Waals surface area contributed by atoms with E-state index in [1.54, 1.807) is 7.11 Å². The Morgan fingerprint density at radius 1 is 1.19 bits per heavy atom. The Kier molecular flexibility index (Phi) is 5.26. The molecule has 0 bridgehead atoms. The Labute approximate surface area is 134 Å². The molecule has 0 saturated heterocycles. The van der Waals surface area contributed by atoms with Gasteiger partial charge >= 0.3 is 0 Å². The first-order chi connectivity index (χ1) is 10.1. The maximum absolute atomic E-state index is 6.02. The van der Waals surface area contributed by atoms with Gasteiger partial charge in [0, 0.05) is 23.8 Å². The van der Waals surface area contributed by atoms with Crippen molar-refractivity contribution in [3.05, 3.63) is 58.1 Å². The van der Waals surface area contributed by atoms with E-state index in [1.165, 1.54) is 11.1 Å². The molecule has 2 N–H and O–H groups in total. The third-order valence-corrected chi connectivity index (χ3v) is 4.37. The topological polar surface area (TPSA) is 38.5 Å². The summed E-state index contributed by atoms with van der Waals surface area (Å²) >= 11 is 3.65. The van der Waals surface area contributed by atoms with Crippen LogP contribution >= 0.6 is 15.9 Å². The fourth-order valence-corrected chi connectivity index (χ4v) is 3.15. The van der Waals surface area contributed by atoms with Crippen LogP contribution in [-0.4, -0.2) is 20.7 Å². The van der Waals surface area contributed by atoms with Crippen LogP contribution in [0, 0.1) is 6.92 Å². The molecular weight excluding hydrogens is 328 g/mol. The Hall–Kier alpha value is -1.52. The minimum Gasteiger partial charge on any atom is -0.497 e. The molecule has 2 aromatic rings. The van der Waals surface area contributed by atoms with Crippen LogP contribution in [0.4, 0.5) is 5.69 Å². The molecule has 0 amide bonds. The molecule has 3 nitrogen and oxygen atoms in total. The second-order valence-corrected chi connectivity index (χ2v) is 5.94. The molecule has 21 heavy (non-hydrogen) atoms. The van der Waals surface area contributed by atoms with E-state index in [-0.39, 0.29) is 6.04 Å². The zero-order valence-corrected chi connectivity index (χ0v) is 14.2. The lowest BCUT2D eigenvalue weighted by molar-refractivity contribution is 0.415. The normalized spacial score (nSPS) is 12.0. The summed E-state index contributed by atoms with van der Waals surface area (Å²) in [6.45, 7) is 2.63. The number of hydrogen-bond acceptors (Lipinski definition) is 3. The zero-order valence-electron chi connectivity index (χ0n) is 12.6. The largest absolute Gasteiger partial charge is 0.497 e. The minimum absolute atomic E-state index is 0.119. The van der Waals surface area contributed by atoms with Crippen molar-refractivity contribution >= 4 is 21.6 Å². The fraction of sp³-hybridized carbons (Fsp3) is 0.294. The number of nitrogens with two attached hydrogens (primary N) is 1. The molecule has 2 aromatic carbocycles. The second-order valence-electron chi connectivity index (χ2n) is 5.09. The van der Waals surface area contributed by atoms with Crippen LogP contribution in [-0.2, 0) is 0 Å². The highest BCUT2D eigenvalue weighted by Gasteiger charge is 2.18. The summed E-state index contributed by atoms with van der Waals surface area (Å²) in [4.78, 5) is 2.19. The highest BCUT2D eigenvalue weighted by Crippen LogP contribution is 2.31. The molecule has 4 heteroatoms. The molecule has 0 saturated carbocycles. The fourth-order valence-electron chi connectivity index (χ4n) is 2.39. The van der Waals surface area contributed by atoms with Gasteiger partial charge in [0.2, 0.25) is 0 Å². The minimum atomic E-state index is 0.119. The van der Waals surface area contributed by atoms with Gasteiger partial charge in [0.1, 0.15) is 5.75 Å². The lowest BCUT2D eigenvalue weighted by Crippen LogP contribution is -2.30. The molecule has 112 valence electrons. The van der Waals surface area contributed by atoms with Crippen LogP contribution in [0.3, 0.4) is 0 Å². The average molecular weight is 349 g/mol. The number of ether oxygens (including phenoxy) is 1. The van der Waals surface area contributed by atoms with Crippen molar-refractivity contribution in [3.63, 3.8) is 0 Å². The number of likely N-dealkylation sites (N-methyl/N-ethyl adjacent to an activating group) is 1. The monoisotopic (exact) mass is 348 g/mol. The van der Waals surface area contributed by atoms with Crippen molar-refractivity contribution in [2.45, 2.75) is 13.0 Å². The van der Waals surface area contributed by atoms with E-state index in [0.717, 1.165) is 15.9 Å². The molecule has 0 aliphatic carbocycles. The zero-order chi connectivity index (χ0) is 15.4. The Bertz CT molecular complexity index is 598. The van der Waals surface area contributed by atoms with Crippen LogP contribution < -0.4 is 15.4 Å². The van der Waals surface area contributed by atoms with Crippen LogP contribution in [0.25, 0.3) is 0 Å². The number of rotatable bonds is 5. The van der Waals surface area contributed by atoms with Gasteiger partial charge in [-0.1, -0.05) is 28.1 Å². The van der Waals surface area contributed by atoms with Crippen molar-refractivity contribution in [2.24, 2.45) is 5.73 Å². The van der Waals surface area contributed by atoms with E-state index >= 15 is 0 Å². The summed E-state index contributed by atoms with van der Waals surface area (Å²) in [5.74, 6) is 0.855. The van der Waals surface area contributed by atoms with Crippen LogP contribution in [0.5, 0.6) is 5.75 Å². The Morgan fingerprint density at radius 3 is 2.38 bits per heavy atom. The molecule has 0 spiro atoms. The molecule has 1 atom stereocenters. The molecule has 1 unspecified atom stereocenters. The van der Waals surface area contributed by atoms with Crippen molar-refractivity contribution < 1.29 is 4.74 Å². The average Bonchev–Trinajstić information content (AvgIpc) is 2.50. The van der Waals surface area contributed by atoms with Crippen molar-refractivity contribution in [2.75, 3.05) is 25.6 Å². The maximum Gasteiger partial charge on any atom is 0.119 e. The number of aryl methyl sites for hydroxylation is 1. The van der Waals surface area contributed by atoms with Gasteiger partial charge in [-0.3, -0.25) is 0 Å². The quantitative estimate of drug-likeness (QED) is 0.890. The second kappa shape index (κ2) is 6.96. The first-order valence-electron chi connectivity index (χ1n) is 6.89. The van der Waals surface area contributed by atoms with Gasteiger partial charge in [0.25, 0.3) is 0 Å². The van der Waals surface area contributed by atoms with Gasteiger partial charge in [-0.2, -0.15) is 0 Å². The van der Waals surface area contributed by atoms with Gasteiger partial charge < -0.3 is 15.4 Å². The summed E-state index contributed by atoms with van der Waals surface area (Å²) in [6, 6.07) is 14.5. The highest BCUT2D eigenvalue weighted by molar-refractivity contribution is 9.10. The van der Waals surface area contributed by atoms with E-state index in [2.05, 4.69) is 53.0 Å². The lowest BCUT2D eigenvalue weighted by atomic mass is 10.0. The molecule has 0 aromatic heterocycles. The van der Waals surface area contributed by atoms with Gasteiger partial charge in [0.05, 0.1) is 13.2 Å². The molecule has 0 radical (unpaired) electrons. The standard InChI is InChI=1S/C17H21BrN2O/c1-12-4-9-15(16(18)10-12)17(11-19)20(2)13-5-7-14(21-3)8-6-13/h4-10,17H,11,19H2,1-3H3. The lowest BCUT2D eigenvalue weighted by Gasteiger charge is -2.30. The predicted molar refractivity (Wildman–Crippen MR) is 92.1 cm³/mol. The maximum atomic E-state index is 6.02. The van der Waals surface area contributed by atoms with E-state index in [0.29, 0.717) is 6.54 Å². The number of anilines is 1. The molecule has 0 heterocycles. The summed E-state index contributed by atoms with van der Waals surface area (Å²) < 4.78 is 6.30. The summed E-state index contributed by atoms with van der Waals surface area (Å²) in [5.41, 5.74) is 9.55. The molecular formula is C17H21BrN2O. The smallest absolute Gasteiger partial charge is 0.119 e. The van der Waals surface area contributed by atoms with E-state index < -0.39 is 0 Å². The van der Waals surface area contributed by atoms with E-state index in [9.17, 15) is 0 Å². The van der Waals surface area contributed by atoms with E-state index in [4.69, 9.17) is 10.5 Å². The first-order valence-corrected chi connectivity index (χ1v) is 7.69. The first kappa shape index (κ1) is 15.9. The van der Waals surface area contributed by atoms with Crippen molar-refractivity contribution in [1.82, 2.24) is 0 Å². The number of methoxy groups -OCH3 is 1. The number of halogens is 1. The van der Waals surface area contributed by atoms with Crippen LogP contribution in [0.15, 0.2) is 46.9 Å². The number of hydrogen-bond donors (Lipinski definition) is 1. The Balaban J connectivity index is 2.30. The number of nitrogens with zero attached hydrogens (tertiary/aromatic N) is 1. The van der Waals surface area contributed by atoms with Gasteiger partial charge in [-0.05, 0) is 48.4 Å². The highest BCUT2D eigenvalue weighted by atomic mass is 79.9. The van der Waals surface area contributed by atoms with Gasteiger partial charge in [-0.15, -0.1) is 0 Å². The molecule has 0 fully saturated rings. The van der Waals surface area contributed by atoms with Gasteiger partial charge in [0.15, 0.2) is 0 Å². The summed E-state index contributed by atoms with van der Waals surface area (Å²) in [7, 11) is 3.73. The summed E-state index contributed by atoms with van der Waals surface area (Å²) in [6.07, 6.45) is 0. The molecule has 0 aliphatic rings. The van der Waals surface area contributed by atoms with Crippen LogP contribution in [0.2, 0.25) is 0 Å². The molecule has 0 aliphatic heterocycles. The van der Waals surface area contributed by atoms with Crippen molar-refractivity contribution in [1.29, 1.82) is 0 Å². The third-order valence-electron chi connectivity index (χ3n) is 3.69. The Morgan fingerprint density at radius 2 is 1.86 bits per heavy atom.